The molecule has 2 amide bonds. The molecule has 1 saturated heterocycles. The maximum Gasteiger partial charge on any atom is 0.387 e. The Hall–Kier alpha value is -1.98. The van der Waals surface area contributed by atoms with Crippen LogP contribution in [-0.2, 0) is 10.2 Å². The highest BCUT2D eigenvalue weighted by Crippen LogP contribution is 2.25. The van der Waals surface area contributed by atoms with Crippen LogP contribution in [0.1, 0.15) is 32.1 Å². The summed E-state index contributed by atoms with van der Waals surface area (Å²) in [4.78, 5) is 14.0. The number of urea groups is 1. The second-order valence-electron chi connectivity index (χ2n) is 7.53. The first kappa shape index (κ1) is 22.7. The molecule has 0 radical (unpaired) electrons. The normalized spacial score (nSPS) is 19.3. The number of alkyl halides is 2. The van der Waals surface area contributed by atoms with Gasteiger partial charge in [-0.25, -0.2) is 4.79 Å². The molecule has 1 aromatic carbocycles. The zero-order chi connectivity index (χ0) is 21.7. The molecule has 2 aliphatic rings. The average molecular weight is 447 g/mol. The molecule has 1 aromatic rings. The average Bonchev–Trinajstić information content (AvgIpc) is 2.75. The summed E-state index contributed by atoms with van der Waals surface area (Å²) in [6, 6.07) is 5.29. The zero-order valence-corrected chi connectivity index (χ0v) is 17.8. The van der Waals surface area contributed by atoms with Crippen molar-refractivity contribution in [2.75, 3.05) is 38.5 Å². The minimum Gasteiger partial charge on any atom is -0.435 e. The van der Waals surface area contributed by atoms with Gasteiger partial charge >= 0.3 is 12.6 Å². The number of hydrogen-bond acceptors (Lipinski definition) is 4. The zero-order valence-electron chi connectivity index (χ0n) is 17.0. The highest BCUT2D eigenvalue weighted by atomic mass is 32.2. The van der Waals surface area contributed by atoms with E-state index < -0.39 is 16.8 Å². The Labute approximate surface area is 175 Å². The summed E-state index contributed by atoms with van der Waals surface area (Å²) in [6.07, 6.45) is 5.03. The third-order valence-electron chi connectivity index (χ3n) is 5.64. The lowest BCUT2D eigenvalue weighted by Gasteiger charge is -2.38. The van der Waals surface area contributed by atoms with Crippen LogP contribution in [0.3, 0.4) is 0 Å². The highest BCUT2D eigenvalue weighted by Gasteiger charge is 2.35. The van der Waals surface area contributed by atoms with Gasteiger partial charge in [0, 0.05) is 45.0 Å². The number of carbonyl (C=O) groups is 1. The molecule has 1 saturated carbocycles. The van der Waals surface area contributed by atoms with Gasteiger partial charge in [-0.3, -0.25) is 0 Å². The summed E-state index contributed by atoms with van der Waals surface area (Å²) >= 11 is 0. The fourth-order valence-electron chi connectivity index (χ4n) is 3.86. The number of nitrogens with zero attached hydrogens (tertiary/aromatic N) is 3. The molecular weight excluding hydrogens is 418 g/mol. The van der Waals surface area contributed by atoms with Crippen LogP contribution >= 0.6 is 0 Å². The Kier molecular flexibility index (Phi) is 7.48. The van der Waals surface area contributed by atoms with Crippen LogP contribution in [0, 0.1) is 0 Å². The SMILES string of the molecule is CN(C1CCCCC1)S(=O)(=O)N1CCN(C(=O)Nc2ccc(OC(F)F)cc2)CC1. The summed E-state index contributed by atoms with van der Waals surface area (Å²) in [6.45, 7) is -1.90. The van der Waals surface area contributed by atoms with Crippen molar-refractivity contribution in [3.05, 3.63) is 24.3 Å². The van der Waals surface area contributed by atoms with E-state index in [-0.39, 0.29) is 44.0 Å². The van der Waals surface area contributed by atoms with Crippen molar-refractivity contribution in [1.82, 2.24) is 13.5 Å². The predicted molar refractivity (Wildman–Crippen MR) is 109 cm³/mol. The van der Waals surface area contributed by atoms with Crippen LogP contribution < -0.4 is 10.1 Å². The number of ether oxygens (including phenoxy) is 1. The van der Waals surface area contributed by atoms with Crippen molar-refractivity contribution in [1.29, 1.82) is 0 Å². The lowest BCUT2D eigenvalue weighted by atomic mass is 9.96. The molecule has 0 bridgehead atoms. The van der Waals surface area contributed by atoms with Crippen LogP contribution in [0.2, 0.25) is 0 Å². The van der Waals surface area contributed by atoms with Gasteiger partial charge < -0.3 is 15.0 Å². The summed E-state index contributed by atoms with van der Waals surface area (Å²) in [7, 11) is -1.91. The van der Waals surface area contributed by atoms with Gasteiger partial charge in [0.1, 0.15) is 5.75 Å². The van der Waals surface area contributed by atoms with E-state index in [0.29, 0.717) is 5.69 Å². The van der Waals surface area contributed by atoms with E-state index in [1.165, 1.54) is 37.8 Å². The molecule has 3 rings (SSSR count). The van der Waals surface area contributed by atoms with E-state index >= 15 is 0 Å². The van der Waals surface area contributed by atoms with Gasteiger partial charge in [0.25, 0.3) is 10.2 Å². The first-order valence-electron chi connectivity index (χ1n) is 10.1. The third-order valence-corrected chi connectivity index (χ3v) is 7.68. The Morgan fingerprint density at radius 2 is 1.70 bits per heavy atom. The van der Waals surface area contributed by atoms with Gasteiger partial charge in [-0.15, -0.1) is 0 Å². The molecule has 11 heteroatoms. The standard InChI is InChI=1S/C19H28F2N4O4S/c1-23(16-5-3-2-4-6-16)30(27,28)25-13-11-24(12-14-25)19(26)22-15-7-9-17(10-8-15)29-18(20)21/h7-10,16,18H,2-6,11-14H2,1H3,(H,22,26). The van der Waals surface area contributed by atoms with Crippen molar-refractivity contribution < 1.29 is 26.7 Å². The van der Waals surface area contributed by atoms with Gasteiger partial charge in [-0.05, 0) is 37.1 Å². The van der Waals surface area contributed by atoms with E-state index in [2.05, 4.69) is 10.1 Å². The molecule has 1 N–H and O–H groups in total. The van der Waals surface area contributed by atoms with E-state index in [1.54, 1.807) is 7.05 Å². The quantitative estimate of drug-likeness (QED) is 0.729. The molecule has 0 spiro atoms. The molecule has 30 heavy (non-hydrogen) atoms. The number of nitrogens with one attached hydrogen (secondary N) is 1. The van der Waals surface area contributed by atoms with Gasteiger partial charge in [0.05, 0.1) is 0 Å². The van der Waals surface area contributed by atoms with Gasteiger partial charge in [0.2, 0.25) is 0 Å². The number of halogens is 2. The van der Waals surface area contributed by atoms with Gasteiger partial charge in [-0.2, -0.15) is 25.8 Å². The smallest absolute Gasteiger partial charge is 0.387 e. The number of piperazine rings is 1. The van der Waals surface area contributed by atoms with Gasteiger partial charge in [0.15, 0.2) is 0 Å². The molecule has 1 aliphatic heterocycles. The molecule has 168 valence electrons. The molecule has 1 heterocycles. The second-order valence-corrected chi connectivity index (χ2v) is 9.52. The summed E-state index contributed by atoms with van der Waals surface area (Å²) in [5.74, 6) is 0.00362. The number of anilines is 1. The monoisotopic (exact) mass is 446 g/mol. The first-order chi connectivity index (χ1) is 14.3. The van der Waals surface area contributed by atoms with E-state index in [4.69, 9.17) is 0 Å². The van der Waals surface area contributed by atoms with E-state index in [9.17, 15) is 22.0 Å². The summed E-state index contributed by atoms with van der Waals surface area (Å²) in [5, 5.41) is 2.69. The summed E-state index contributed by atoms with van der Waals surface area (Å²) < 4.78 is 57.4. The summed E-state index contributed by atoms with van der Waals surface area (Å²) in [5.41, 5.74) is 0.439. The third kappa shape index (κ3) is 5.58. The van der Waals surface area contributed by atoms with Crippen molar-refractivity contribution in [2.24, 2.45) is 0 Å². The lowest BCUT2D eigenvalue weighted by molar-refractivity contribution is -0.0498. The van der Waals surface area contributed by atoms with Crippen molar-refractivity contribution in [2.45, 2.75) is 44.8 Å². The largest absolute Gasteiger partial charge is 0.435 e. The Balaban J connectivity index is 1.51. The van der Waals surface area contributed by atoms with Crippen LogP contribution in [0.25, 0.3) is 0 Å². The minimum absolute atomic E-state index is 0.00362. The van der Waals surface area contributed by atoms with E-state index in [1.807, 2.05) is 0 Å². The van der Waals surface area contributed by atoms with Crippen molar-refractivity contribution in [3.8, 4) is 5.75 Å². The molecule has 0 unspecified atom stereocenters. The van der Waals surface area contributed by atoms with Crippen LogP contribution in [0.5, 0.6) is 5.75 Å². The molecule has 0 atom stereocenters. The van der Waals surface area contributed by atoms with E-state index in [0.717, 1.165) is 32.1 Å². The number of amides is 2. The van der Waals surface area contributed by atoms with Crippen LogP contribution in [-0.4, -0.2) is 73.8 Å². The molecular formula is C19H28F2N4O4S. The van der Waals surface area contributed by atoms with Crippen molar-refractivity contribution >= 4 is 21.9 Å². The fourth-order valence-corrected chi connectivity index (χ4v) is 5.44. The van der Waals surface area contributed by atoms with Crippen molar-refractivity contribution in [3.63, 3.8) is 0 Å². The Morgan fingerprint density at radius 3 is 2.27 bits per heavy atom. The number of hydrogen-bond donors (Lipinski definition) is 1. The molecule has 8 nitrogen and oxygen atoms in total. The maximum absolute atomic E-state index is 12.9. The second kappa shape index (κ2) is 9.88. The Morgan fingerprint density at radius 1 is 1.10 bits per heavy atom. The Bertz CT molecular complexity index is 808. The topological polar surface area (TPSA) is 82.2 Å². The lowest BCUT2D eigenvalue weighted by Crippen LogP contribution is -2.55. The number of rotatable bonds is 6. The first-order valence-corrected chi connectivity index (χ1v) is 11.5. The molecule has 0 aromatic heterocycles. The molecule has 1 aliphatic carbocycles. The maximum atomic E-state index is 12.9. The fraction of sp³-hybridized carbons (Fsp3) is 0.632. The van der Waals surface area contributed by atoms with Crippen LogP contribution in [0.15, 0.2) is 24.3 Å². The van der Waals surface area contributed by atoms with Gasteiger partial charge in [-0.1, -0.05) is 19.3 Å². The molecule has 2 fully saturated rings. The minimum atomic E-state index is -3.55. The number of carbonyl (C=O) groups excluding carboxylic acids is 1. The highest BCUT2D eigenvalue weighted by molar-refractivity contribution is 7.86. The predicted octanol–water partition coefficient (Wildman–Crippen LogP) is 2.95. The van der Waals surface area contributed by atoms with Crippen LogP contribution in [0.4, 0.5) is 19.3 Å². The number of benzene rings is 1.